The second-order valence-corrected chi connectivity index (χ2v) is 11.7. The topological polar surface area (TPSA) is 75.3 Å². The van der Waals surface area contributed by atoms with Gasteiger partial charge in [-0.1, -0.05) is 116 Å². The van der Waals surface area contributed by atoms with E-state index >= 15 is 0 Å². The molecule has 0 radical (unpaired) electrons. The van der Waals surface area contributed by atoms with Crippen molar-refractivity contribution in [3.05, 3.63) is 138 Å². The normalized spacial score (nSPS) is 21.4. The molecule has 5 rings (SSSR count). The maximum Gasteiger partial charge on any atom is 0.411 e. The summed E-state index contributed by atoms with van der Waals surface area (Å²) in [4.78, 5) is 12.8. The lowest BCUT2D eigenvalue weighted by Crippen LogP contribution is -2.60. The third-order valence-electron chi connectivity index (χ3n) is 7.18. The summed E-state index contributed by atoms with van der Waals surface area (Å²) in [5.41, 5.74) is 3.39. The summed E-state index contributed by atoms with van der Waals surface area (Å²) in [7, 11) is 0. The fourth-order valence-corrected chi connectivity index (χ4v) is 5.98. The number of rotatable bonds is 14. The van der Waals surface area contributed by atoms with E-state index in [1.54, 1.807) is 23.9 Å². The number of carbonyl (C=O) groups is 1. The van der Waals surface area contributed by atoms with Crippen molar-refractivity contribution in [2.75, 3.05) is 17.7 Å². The molecular formula is C36H39NO6S. The third kappa shape index (κ3) is 9.42. The van der Waals surface area contributed by atoms with E-state index in [4.69, 9.17) is 23.7 Å². The molecule has 1 heterocycles. The van der Waals surface area contributed by atoms with Crippen molar-refractivity contribution < 1.29 is 28.5 Å². The van der Waals surface area contributed by atoms with Crippen LogP contribution >= 0.6 is 11.8 Å². The number of ether oxygens (including phenoxy) is 5. The molecule has 0 bridgehead atoms. The third-order valence-corrected chi connectivity index (χ3v) is 8.22. The van der Waals surface area contributed by atoms with Gasteiger partial charge >= 0.3 is 6.09 Å². The molecule has 230 valence electrons. The van der Waals surface area contributed by atoms with Crippen molar-refractivity contribution in [3.8, 4) is 0 Å². The molecule has 0 aliphatic carbocycles. The molecule has 1 fully saturated rings. The van der Waals surface area contributed by atoms with Gasteiger partial charge < -0.3 is 23.7 Å². The molecule has 44 heavy (non-hydrogen) atoms. The maximum absolute atomic E-state index is 12.8. The molecule has 8 heteroatoms. The summed E-state index contributed by atoms with van der Waals surface area (Å²) in [6, 6.07) is 39.3. The summed E-state index contributed by atoms with van der Waals surface area (Å²) < 4.78 is 32.2. The number of thioether (sulfide) groups is 1. The van der Waals surface area contributed by atoms with Crippen LogP contribution in [-0.2, 0) is 43.5 Å². The van der Waals surface area contributed by atoms with E-state index in [1.165, 1.54) is 0 Å². The van der Waals surface area contributed by atoms with Crippen molar-refractivity contribution in [1.82, 2.24) is 0 Å². The Morgan fingerprint density at radius 3 is 1.61 bits per heavy atom. The Morgan fingerprint density at radius 2 is 1.11 bits per heavy atom. The molecule has 4 aromatic carbocycles. The summed E-state index contributed by atoms with van der Waals surface area (Å²) >= 11 is 1.64. The molecular weight excluding hydrogens is 574 g/mol. The van der Waals surface area contributed by atoms with E-state index in [-0.39, 0.29) is 12.0 Å². The lowest BCUT2D eigenvalue weighted by molar-refractivity contribution is -0.251. The van der Waals surface area contributed by atoms with Crippen molar-refractivity contribution in [1.29, 1.82) is 0 Å². The molecule has 0 saturated carbocycles. The van der Waals surface area contributed by atoms with Gasteiger partial charge in [-0.15, -0.1) is 11.8 Å². The number of benzene rings is 4. The van der Waals surface area contributed by atoms with Crippen molar-refractivity contribution >= 4 is 23.5 Å². The minimum atomic E-state index is -0.596. The van der Waals surface area contributed by atoms with E-state index < -0.39 is 30.5 Å². The number of hydrogen-bond donors (Lipinski definition) is 1. The lowest BCUT2D eigenvalue weighted by atomic mass is 9.99. The standard InChI is InChI=1S/C36H39NO6S/c1-2-44-35-34(41-25-29-19-11-5-12-20-29)33(40-24-28-17-9-4-10-18-28)32(39-23-27-15-7-3-8-16-27)31(43-35)26-42-36(38)37-30-21-13-6-14-22-30/h3-22,31-35H,2,23-26H2,1H3,(H,37,38)/t31-,32-,33+,34-,35+/m1/s1. The molecule has 0 spiro atoms. The van der Waals surface area contributed by atoms with E-state index in [9.17, 15) is 4.79 Å². The highest BCUT2D eigenvalue weighted by atomic mass is 32.2. The van der Waals surface area contributed by atoms with Crippen LogP contribution < -0.4 is 5.32 Å². The molecule has 1 saturated heterocycles. The van der Waals surface area contributed by atoms with Gasteiger partial charge in [-0.05, 0) is 34.6 Å². The molecule has 1 N–H and O–H groups in total. The van der Waals surface area contributed by atoms with Crippen LogP contribution in [0.5, 0.6) is 0 Å². The van der Waals surface area contributed by atoms with Gasteiger partial charge in [0.25, 0.3) is 0 Å². The Labute approximate surface area is 263 Å². The largest absolute Gasteiger partial charge is 0.446 e. The van der Waals surface area contributed by atoms with Crippen LogP contribution in [0.25, 0.3) is 0 Å². The molecule has 5 atom stereocenters. The van der Waals surface area contributed by atoms with Crippen LogP contribution in [0.4, 0.5) is 10.5 Å². The van der Waals surface area contributed by atoms with Gasteiger partial charge in [-0.2, -0.15) is 0 Å². The van der Waals surface area contributed by atoms with E-state index in [1.807, 2.05) is 109 Å². The summed E-state index contributed by atoms with van der Waals surface area (Å²) in [6.07, 6.45) is -2.70. The Hall–Kier alpha value is -3.66. The molecule has 7 nitrogen and oxygen atoms in total. The van der Waals surface area contributed by atoms with Gasteiger partial charge in [0.1, 0.15) is 36.5 Å². The Morgan fingerprint density at radius 1 is 0.659 bits per heavy atom. The zero-order chi connectivity index (χ0) is 30.4. The van der Waals surface area contributed by atoms with E-state index in [0.717, 1.165) is 22.4 Å². The number of anilines is 1. The number of carbonyl (C=O) groups excluding carboxylic acids is 1. The fourth-order valence-electron chi connectivity index (χ4n) is 5.01. The maximum atomic E-state index is 12.8. The minimum absolute atomic E-state index is 0.0184. The van der Waals surface area contributed by atoms with Crippen molar-refractivity contribution in [3.63, 3.8) is 0 Å². The average molecular weight is 614 g/mol. The first-order valence-electron chi connectivity index (χ1n) is 14.9. The summed E-state index contributed by atoms with van der Waals surface area (Å²) in [5.74, 6) is 0.804. The zero-order valence-corrected chi connectivity index (χ0v) is 25.6. The number of para-hydroxylation sites is 1. The highest BCUT2D eigenvalue weighted by Crippen LogP contribution is 2.35. The lowest BCUT2D eigenvalue weighted by Gasteiger charge is -2.45. The predicted molar refractivity (Wildman–Crippen MR) is 173 cm³/mol. The van der Waals surface area contributed by atoms with Crippen LogP contribution in [0.2, 0.25) is 0 Å². The van der Waals surface area contributed by atoms with Gasteiger partial charge in [0, 0.05) is 5.69 Å². The first-order valence-corrected chi connectivity index (χ1v) is 16.0. The second-order valence-electron chi connectivity index (χ2n) is 10.4. The number of nitrogens with one attached hydrogen (secondary N) is 1. The highest BCUT2D eigenvalue weighted by Gasteiger charge is 2.48. The number of hydrogen-bond acceptors (Lipinski definition) is 7. The van der Waals surface area contributed by atoms with Crippen molar-refractivity contribution in [2.45, 2.75) is 56.6 Å². The quantitative estimate of drug-likeness (QED) is 0.158. The molecule has 0 unspecified atom stereocenters. The average Bonchev–Trinajstić information content (AvgIpc) is 3.07. The van der Waals surface area contributed by atoms with Gasteiger partial charge in [0.05, 0.1) is 19.8 Å². The predicted octanol–water partition coefficient (Wildman–Crippen LogP) is 7.47. The second kappa shape index (κ2) is 17.0. The minimum Gasteiger partial charge on any atom is -0.446 e. The van der Waals surface area contributed by atoms with Crippen LogP contribution in [0.1, 0.15) is 23.6 Å². The Bertz CT molecular complexity index is 1380. The van der Waals surface area contributed by atoms with E-state index in [2.05, 4.69) is 12.2 Å². The monoisotopic (exact) mass is 613 g/mol. The molecule has 1 amide bonds. The van der Waals surface area contributed by atoms with Gasteiger partial charge in [-0.25, -0.2) is 4.79 Å². The molecule has 1 aliphatic rings. The first-order chi connectivity index (χ1) is 21.7. The van der Waals surface area contributed by atoms with Gasteiger partial charge in [0.15, 0.2) is 0 Å². The highest BCUT2D eigenvalue weighted by molar-refractivity contribution is 7.99. The molecule has 0 aromatic heterocycles. The number of amides is 1. The van der Waals surface area contributed by atoms with Crippen LogP contribution in [0.15, 0.2) is 121 Å². The van der Waals surface area contributed by atoms with Crippen LogP contribution in [0.3, 0.4) is 0 Å². The Kier molecular flexibility index (Phi) is 12.3. The van der Waals surface area contributed by atoms with Gasteiger partial charge in [-0.3, -0.25) is 5.32 Å². The Balaban J connectivity index is 1.40. The molecule has 4 aromatic rings. The SMILES string of the molecule is CCS[C@@H]1O[C@H](COC(=O)Nc2ccccc2)[C@@H](OCc2ccccc2)[C@H](OCc2ccccc2)[C@H]1OCc1ccccc1. The van der Waals surface area contributed by atoms with E-state index in [0.29, 0.717) is 25.5 Å². The zero-order valence-electron chi connectivity index (χ0n) is 24.8. The van der Waals surface area contributed by atoms with Crippen molar-refractivity contribution in [2.24, 2.45) is 0 Å². The van der Waals surface area contributed by atoms with Gasteiger partial charge in [0.2, 0.25) is 0 Å². The molecule has 1 aliphatic heterocycles. The fraction of sp³-hybridized carbons (Fsp3) is 0.306. The van der Waals surface area contributed by atoms with Crippen LogP contribution in [-0.4, -0.2) is 48.3 Å². The summed E-state index contributed by atoms with van der Waals surface area (Å²) in [6.45, 7) is 3.17. The first kappa shape index (κ1) is 31.8. The summed E-state index contributed by atoms with van der Waals surface area (Å²) in [5, 5.41) is 2.78. The van der Waals surface area contributed by atoms with Crippen LogP contribution in [0, 0.1) is 0 Å². The smallest absolute Gasteiger partial charge is 0.411 e.